The van der Waals surface area contributed by atoms with Gasteiger partial charge in [0.05, 0.1) is 10.9 Å². The predicted molar refractivity (Wildman–Crippen MR) is 89.0 cm³/mol. The number of carbonyl (C=O) groups is 1. The number of nitrogens with one attached hydrogen (secondary N) is 1. The molecule has 9 heteroatoms. The second kappa shape index (κ2) is 6.83. The Kier molecular flexibility index (Phi) is 4.61. The fraction of sp³-hybridized carbons (Fsp3) is 0.267. The van der Waals surface area contributed by atoms with Crippen LogP contribution in [0.15, 0.2) is 40.3 Å². The Bertz CT molecular complexity index is 859. The lowest BCUT2D eigenvalue weighted by Crippen LogP contribution is -2.06. The third kappa shape index (κ3) is 3.62. The number of benzene rings is 1. The number of aromatic nitrogens is 5. The van der Waals surface area contributed by atoms with Crippen LogP contribution in [0.4, 0.5) is 5.69 Å². The number of aryl methyl sites for hydroxylation is 1. The first-order chi connectivity index (χ1) is 11.5. The maximum Gasteiger partial charge on any atom is 0.239 e. The first kappa shape index (κ1) is 16.2. The number of hydrogen-bond acceptors (Lipinski definition) is 7. The van der Waals surface area contributed by atoms with Crippen LogP contribution in [-0.4, -0.2) is 30.8 Å². The summed E-state index contributed by atoms with van der Waals surface area (Å²) in [5, 5.41) is 15.3. The molecule has 0 aliphatic rings. The summed E-state index contributed by atoms with van der Waals surface area (Å²) < 4.78 is 7.04. The smallest absolute Gasteiger partial charge is 0.239 e. The number of anilines is 1. The molecule has 1 atom stereocenters. The van der Waals surface area contributed by atoms with E-state index < -0.39 is 0 Å². The van der Waals surface area contributed by atoms with Gasteiger partial charge in [-0.3, -0.25) is 9.36 Å². The summed E-state index contributed by atoms with van der Waals surface area (Å²) in [6, 6.07) is 7.46. The number of thioether (sulfide) groups is 1. The van der Waals surface area contributed by atoms with E-state index >= 15 is 0 Å². The van der Waals surface area contributed by atoms with Gasteiger partial charge in [0.25, 0.3) is 0 Å². The molecule has 24 heavy (non-hydrogen) atoms. The lowest BCUT2D eigenvalue weighted by molar-refractivity contribution is -0.114. The fourth-order valence-corrected chi connectivity index (χ4v) is 2.98. The fourth-order valence-electron chi connectivity index (χ4n) is 2.11. The van der Waals surface area contributed by atoms with E-state index in [0.29, 0.717) is 22.6 Å². The van der Waals surface area contributed by atoms with Crippen LogP contribution >= 0.6 is 11.8 Å². The monoisotopic (exact) mass is 344 g/mol. The van der Waals surface area contributed by atoms with Crippen LogP contribution in [0.25, 0.3) is 5.69 Å². The summed E-state index contributed by atoms with van der Waals surface area (Å²) in [5.74, 6) is 1.02. The Balaban J connectivity index is 1.84. The van der Waals surface area contributed by atoms with Crippen molar-refractivity contribution in [1.29, 1.82) is 0 Å². The van der Waals surface area contributed by atoms with Crippen molar-refractivity contribution in [2.45, 2.75) is 31.2 Å². The Morgan fingerprint density at radius 3 is 2.96 bits per heavy atom. The SMILES string of the molecule is CC(=O)Nc1cccc(-n2cnnc2SC(C)c2nc(C)no2)c1. The molecule has 1 unspecified atom stereocenters. The third-order valence-corrected chi connectivity index (χ3v) is 4.18. The molecule has 0 saturated heterocycles. The lowest BCUT2D eigenvalue weighted by Gasteiger charge is -2.10. The predicted octanol–water partition coefficient (Wildman–Crippen LogP) is 2.77. The van der Waals surface area contributed by atoms with Crippen molar-refractivity contribution in [1.82, 2.24) is 24.9 Å². The minimum atomic E-state index is -0.120. The molecule has 8 nitrogen and oxygen atoms in total. The molecular formula is C15H16N6O2S. The highest BCUT2D eigenvalue weighted by Crippen LogP contribution is 2.33. The van der Waals surface area contributed by atoms with Crippen LogP contribution in [-0.2, 0) is 4.79 Å². The van der Waals surface area contributed by atoms with E-state index in [4.69, 9.17) is 4.52 Å². The summed E-state index contributed by atoms with van der Waals surface area (Å²) in [4.78, 5) is 15.4. The molecule has 0 saturated carbocycles. The van der Waals surface area contributed by atoms with Crippen molar-refractivity contribution in [3.8, 4) is 5.69 Å². The molecule has 3 aromatic rings. The molecule has 2 heterocycles. The molecule has 0 aliphatic heterocycles. The van der Waals surface area contributed by atoms with Crippen molar-refractivity contribution >= 4 is 23.4 Å². The number of amides is 1. The first-order valence-corrected chi connectivity index (χ1v) is 8.16. The van der Waals surface area contributed by atoms with Gasteiger partial charge in [0.2, 0.25) is 11.8 Å². The van der Waals surface area contributed by atoms with E-state index in [1.54, 1.807) is 13.3 Å². The maximum absolute atomic E-state index is 11.2. The summed E-state index contributed by atoms with van der Waals surface area (Å²) in [5.41, 5.74) is 1.56. The molecule has 0 aliphatic carbocycles. The van der Waals surface area contributed by atoms with Gasteiger partial charge in [0.1, 0.15) is 6.33 Å². The summed E-state index contributed by atoms with van der Waals surface area (Å²) >= 11 is 1.46. The standard InChI is InChI=1S/C15H16N6O2S/c1-9(14-17-10(2)20-23-14)24-15-19-16-8-21(15)13-6-4-5-12(7-13)18-11(3)22/h4-9H,1-3H3,(H,18,22). The largest absolute Gasteiger partial charge is 0.338 e. The van der Waals surface area contributed by atoms with Crippen LogP contribution in [0.2, 0.25) is 0 Å². The Hall–Kier alpha value is -2.68. The summed E-state index contributed by atoms with van der Waals surface area (Å²) in [7, 11) is 0. The molecule has 1 amide bonds. The van der Waals surface area contributed by atoms with Crippen LogP contribution in [0, 0.1) is 6.92 Å². The zero-order valence-corrected chi connectivity index (χ0v) is 14.2. The average molecular weight is 344 g/mol. The van der Waals surface area contributed by atoms with Crippen molar-refractivity contribution in [3.05, 3.63) is 42.3 Å². The van der Waals surface area contributed by atoms with Crippen LogP contribution in [0.3, 0.4) is 0 Å². The van der Waals surface area contributed by atoms with Gasteiger partial charge in [-0.1, -0.05) is 23.0 Å². The van der Waals surface area contributed by atoms with Crippen molar-refractivity contribution < 1.29 is 9.32 Å². The highest BCUT2D eigenvalue weighted by atomic mass is 32.2. The van der Waals surface area contributed by atoms with Gasteiger partial charge in [-0.05, 0) is 32.0 Å². The van der Waals surface area contributed by atoms with Gasteiger partial charge in [0, 0.05) is 12.6 Å². The minimum Gasteiger partial charge on any atom is -0.338 e. The van der Waals surface area contributed by atoms with Gasteiger partial charge >= 0.3 is 0 Å². The van der Waals surface area contributed by atoms with Crippen LogP contribution in [0.5, 0.6) is 0 Å². The zero-order chi connectivity index (χ0) is 17.1. The highest BCUT2D eigenvalue weighted by molar-refractivity contribution is 7.99. The lowest BCUT2D eigenvalue weighted by atomic mass is 10.2. The van der Waals surface area contributed by atoms with Gasteiger partial charge in [0.15, 0.2) is 11.0 Å². The normalized spacial score (nSPS) is 12.1. The molecule has 1 N–H and O–H groups in total. The van der Waals surface area contributed by atoms with Gasteiger partial charge in [-0.15, -0.1) is 10.2 Å². The summed E-state index contributed by atoms with van der Waals surface area (Å²) in [6.45, 7) is 5.21. The molecule has 0 bridgehead atoms. The Labute approximate surface area is 142 Å². The molecule has 0 radical (unpaired) electrons. The van der Waals surface area contributed by atoms with E-state index in [2.05, 4.69) is 25.7 Å². The number of nitrogens with zero attached hydrogens (tertiary/aromatic N) is 5. The van der Waals surface area contributed by atoms with Crippen molar-refractivity contribution in [2.75, 3.05) is 5.32 Å². The third-order valence-electron chi connectivity index (χ3n) is 3.13. The van der Waals surface area contributed by atoms with Crippen LogP contribution < -0.4 is 5.32 Å². The Morgan fingerprint density at radius 2 is 2.25 bits per heavy atom. The molecule has 3 rings (SSSR count). The second-order valence-electron chi connectivity index (χ2n) is 5.15. The van der Waals surface area contributed by atoms with Crippen LogP contribution in [0.1, 0.15) is 30.8 Å². The molecule has 124 valence electrons. The van der Waals surface area contributed by atoms with Crippen molar-refractivity contribution in [2.24, 2.45) is 0 Å². The van der Waals surface area contributed by atoms with Gasteiger partial charge < -0.3 is 9.84 Å². The van der Waals surface area contributed by atoms with E-state index in [1.165, 1.54) is 18.7 Å². The average Bonchev–Trinajstić information content (AvgIpc) is 3.16. The first-order valence-electron chi connectivity index (χ1n) is 7.28. The number of hydrogen-bond donors (Lipinski definition) is 1. The summed E-state index contributed by atoms with van der Waals surface area (Å²) in [6.07, 6.45) is 1.63. The molecule has 1 aromatic carbocycles. The van der Waals surface area contributed by atoms with E-state index in [-0.39, 0.29) is 11.2 Å². The molecule has 2 aromatic heterocycles. The topological polar surface area (TPSA) is 98.7 Å². The van der Waals surface area contributed by atoms with Crippen molar-refractivity contribution in [3.63, 3.8) is 0 Å². The zero-order valence-electron chi connectivity index (χ0n) is 13.4. The quantitative estimate of drug-likeness (QED) is 0.710. The molecule has 0 fully saturated rings. The molecular weight excluding hydrogens is 328 g/mol. The van der Waals surface area contributed by atoms with E-state index in [1.807, 2.05) is 35.8 Å². The number of carbonyl (C=O) groups excluding carboxylic acids is 1. The number of rotatable bonds is 5. The van der Waals surface area contributed by atoms with Gasteiger partial charge in [-0.2, -0.15) is 4.98 Å². The Morgan fingerprint density at radius 1 is 1.42 bits per heavy atom. The van der Waals surface area contributed by atoms with E-state index in [0.717, 1.165) is 5.69 Å². The molecule has 0 spiro atoms. The second-order valence-corrected chi connectivity index (χ2v) is 6.46. The maximum atomic E-state index is 11.2. The van der Waals surface area contributed by atoms with Gasteiger partial charge in [-0.25, -0.2) is 0 Å². The minimum absolute atomic E-state index is 0.0623. The highest BCUT2D eigenvalue weighted by Gasteiger charge is 2.18. The van der Waals surface area contributed by atoms with E-state index in [9.17, 15) is 4.79 Å².